The number of nitrogens with zero attached hydrogens (tertiary/aromatic N) is 2. The Hall–Kier alpha value is -6.24. The number of hydrogen-bond donors (Lipinski definition) is 5. The highest BCUT2D eigenvalue weighted by Gasteiger charge is 2.26. The normalized spacial score (nSPS) is 11.1. The summed E-state index contributed by atoms with van der Waals surface area (Å²) < 4.78 is 5.43. The van der Waals surface area contributed by atoms with Crippen LogP contribution in [0.2, 0.25) is 0 Å². The molecule has 13 heteroatoms. The number of nitrogens with one attached hydrogen (secondary N) is 3. The molecule has 1 atom stereocenters. The Kier molecular flexibility index (Phi) is 10.9. The van der Waals surface area contributed by atoms with Crippen molar-refractivity contribution < 1.29 is 38.9 Å². The highest BCUT2D eigenvalue weighted by Crippen LogP contribution is 2.27. The highest BCUT2D eigenvalue weighted by molar-refractivity contribution is 6.01. The summed E-state index contributed by atoms with van der Waals surface area (Å²) in [6.45, 7) is 1.88. The number of para-hydroxylation sites is 1. The molecule has 4 aromatic rings. The predicted octanol–water partition coefficient (Wildman–Crippen LogP) is 5.21. The van der Waals surface area contributed by atoms with Crippen molar-refractivity contribution in [3.63, 3.8) is 0 Å². The maximum atomic E-state index is 13.1. The third kappa shape index (κ3) is 8.91. The van der Waals surface area contributed by atoms with Crippen molar-refractivity contribution in [2.24, 2.45) is 0 Å². The molecule has 0 aliphatic heterocycles. The average Bonchev–Trinajstić information content (AvgIpc) is 3.05. The minimum atomic E-state index is -1.15. The molecule has 4 rings (SSSR count). The third-order valence-corrected chi connectivity index (χ3v) is 7.22. The molecule has 4 amide bonds. The van der Waals surface area contributed by atoms with Crippen molar-refractivity contribution in [3.05, 3.63) is 113 Å². The number of aryl methyl sites for hydroxylation is 1. The van der Waals surface area contributed by atoms with Gasteiger partial charge in [0.2, 0.25) is 5.91 Å². The lowest BCUT2D eigenvalue weighted by molar-refractivity contribution is -0.138. The van der Waals surface area contributed by atoms with Gasteiger partial charge in [0.1, 0.15) is 5.75 Å². The minimum Gasteiger partial charge on any atom is -0.495 e. The van der Waals surface area contributed by atoms with Gasteiger partial charge in [-0.3, -0.25) is 19.4 Å². The number of carboxylic acid groups (broad SMARTS) is 2. The van der Waals surface area contributed by atoms with Gasteiger partial charge in [-0.05, 0) is 72.6 Å². The smallest absolute Gasteiger partial charge is 0.335 e. The topological polar surface area (TPSA) is 187 Å². The van der Waals surface area contributed by atoms with Crippen molar-refractivity contribution in [1.29, 1.82) is 0 Å². The van der Waals surface area contributed by atoms with Gasteiger partial charge in [-0.15, -0.1) is 0 Å². The van der Waals surface area contributed by atoms with Gasteiger partial charge in [0.15, 0.2) is 0 Å². The van der Waals surface area contributed by atoms with Crippen LogP contribution >= 0.6 is 0 Å². The monoisotopic (exact) mass is 639 g/mol. The molecular weight excluding hydrogens is 606 g/mol. The second-order valence-electron chi connectivity index (χ2n) is 10.5. The SMILES string of the molecule is COc1cc(CC(=O)Nc2ccc(C(CC(=O)O)N(C)C(=O)c3ccc(C(=O)O)cc3)nc2)ccc1NC(=O)Nc1ccccc1C. The van der Waals surface area contributed by atoms with E-state index in [1.807, 2.05) is 25.1 Å². The van der Waals surface area contributed by atoms with E-state index in [0.717, 1.165) is 5.56 Å². The molecular formula is C34H33N5O8. The number of carboxylic acids is 2. The predicted molar refractivity (Wildman–Crippen MR) is 174 cm³/mol. The van der Waals surface area contributed by atoms with E-state index in [1.54, 1.807) is 30.3 Å². The number of pyridine rings is 1. The number of hydrogen-bond acceptors (Lipinski definition) is 7. The molecule has 0 aliphatic carbocycles. The zero-order chi connectivity index (χ0) is 34.1. The zero-order valence-electron chi connectivity index (χ0n) is 25.8. The Bertz CT molecular complexity index is 1790. The van der Waals surface area contributed by atoms with Crippen LogP contribution in [0.15, 0.2) is 85.1 Å². The van der Waals surface area contributed by atoms with Gasteiger partial charge in [-0.25, -0.2) is 9.59 Å². The number of methoxy groups -OCH3 is 1. The van der Waals surface area contributed by atoms with E-state index in [4.69, 9.17) is 9.84 Å². The molecule has 13 nitrogen and oxygen atoms in total. The van der Waals surface area contributed by atoms with Crippen LogP contribution in [0, 0.1) is 6.92 Å². The molecule has 242 valence electrons. The number of benzene rings is 3. The fraction of sp³-hybridized carbons (Fsp3) is 0.176. The molecule has 47 heavy (non-hydrogen) atoms. The molecule has 0 fully saturated rings. The van der Waals surface area contributed by atoms with Crippen LogP contribution < -0.4 is 20.7 Å². The molecule has 1 unspecified atom stereocenters. The van der Waals surface area contributed by atoms with Gasteiger partial charge in [0.25, 0.3) is 5.91 Å². The number of aliphatic carboxylic acids is 1. The van der Waals surface area contributed by atoms with Crippen molar-refractivity contribution in [2.75, 3.05) is 30.1 Å². The number of aromatic nitrogens is 1. The van der Waals surface area contributed by atoms with Gasteiger partial charge in [0, 0.05) is 18.3 Å². The van der Waals surface area contributed by atoms with Gasteiger partial charge in [-0.2, -0.15) is 0 Å². The zero-order valence-corrected chi connectivity index (χ0v) is 25.8. The van der Waals surface area contributed by atoms with E-state index in [0.29, 0.717) is 28.4 Å². The number of rotatable bonds is 12. The quantitative estimate of drug-likeness (QED) is 0.139. The summed E-state index contributed by atoms with van der Waals surface area (Å²) >= 11 is 0. The lowest BCUT2D eigenvalue weighted by atomic mass is 10.1. The second kappa shape index (κ2) is 15.2. The van der Waals surface area contributed by atoms with Gasteiger partial charge in [-0.1, -0.05) is 24.3 Å². The summed E-state index contributed by atoms with van der Waals surface area (Å²) in [7, 11) is 2.89. The highest BCUT2D eigenvalue weighted by atomic mass is 16.5. The number of urea groups is 1. The number of ether oxygens (including phenoxy) is 1. The van der Waals surface area contributed by atoms with E-state index in [2.05, 4.69) is 20.9 Å². The molecule has 0 radical (unpaired) electrons. The van der Waals surface area contributed by atoms with Crippen molar-refractivity contribution in [3.8, 4) is 5.75 Å². The van der Waals surface area contributed by atoms with E-state index in [-0.39, 0.29) is 29.1 Å². The largest absolute Gasteiger partial charge is 0.495 e. The Morgan fingerprint density at radius 1 is 0.851 bits per heavy atom. The molecule has 1 aromatic heterocycles. The van der Waals surface area contributed by atoms with Crippen LogP contribution in [0.25, 0.3) is 0 Å². The number of amides is 4. The van der Waals surface area contributed by atoms with Crippen molar-refractivity contribution in [1.82, 2.24) is 9.88 Å². The summed E-state index contributed by atoms with van der Waals surface area (Å²) in [6.07, 6.45) is 0.907. The third-order valence-electron chi connectivity index (χ3n) is 7.22. The number of carbonyl (C=O) groups is 5. The van der Waals surface area contributed by atoms with E-state index < -0.39 is 36.3 Å². The number of aromatic carboxylic acids is 1. The number of carbonyl (C=O) groups excluding carboxylic acids is 3. The first-order chi connectivity index (χ1) is 22.4. The molecule has 3 aromatic carbocycles. The lowest BCUT2D eigenvalue weighted by Gasteiger charge is -2.27. The molecule has 5 N–H and O–H groups in total. The minimum absolute atomic E-state index is 0.0115. The molecule has 0 saturated carbocycles. The van der Waals surface area contributed by atoms with Gasteiger partial charge in [0.05, 0.1) is 54.8 Å². The van der Waals surface area contributed by atoms with E-state index in [9.17, 15) is 29.1 Å². The average molecular weight is 640 g/mol. The first-order valence-electron chi connectivity index (χ1n) is 14.3. The Labute approximate surface area is 270 Å². The van der Waals surface area contributed by atoms with Crippen LogP contribution in [0.4, 0.5) is 21.9 Å². The fourth-order valence-electron chi connectivity index (χ4n) is 4.71. The van der Waals surface area contributed by atoms with Crippen molar-refractivity contribution >= 4 is 46.8 Å². The molecule has 0 saturated heterocycles. The van der Waals surface area contributed by atoms with E-state index >= 15 is 0 Å². The Balaban J connectivity index is 1.39. The first kappa shape index (κ1) is 33.6. The molecule has 1 heterocycles. The van der Waals surface area contributed by atoms with Gasteiger partial charge < -0.3 is 35.8 Å². The number of anilines is 3. The second-order valence-corrected chi connectivity index (χ2v) is 10.5. The molecule has 0 bridgehead atoms. The van der Waals surface area contributed by atoms with Crippen molar-refractivity contribution in [2.45, 2.75) is 25.8 Å². The Morgan fingerprint density at radius 2 is 1.53 bits per heavy atom. The lowest BCUT2D eigenvalue weighted by Crippen LogP contribution is -2.33. The fourth-order valence-corrected chi connectivity index (χ4v) is 4.71. The van der Waals surface area contributed by atoms with Crippen LogP contribution in [0.3, 0.4) is 0 Å². The summed E-state index contributed by atoms with van der Waals surface area (Å²) in [5, 5.41) is 26.9. The van der Waals surface area contributed by atoms with Gasteiger partial charge >= 0.3 is 18.0 Å². The Morgan fingerprint density at radius 3 is 2.15 bits per heavy atom. The summed E-state index contributed by atoms with van der Waals surface area (Å²) in [4.78, 5) is 66.8. The van der Waals surface area contributed by atoms with Crippen LogP contribution in [0.1, 0.15) is 50.0 Å². The van der Waals surface area contributed by atoms with Crippen LogP contribution in [-0.2, 0) is 16.0 Å². The maximum absolute atomic E-state index is 13.1. The summed E-state index contributed by atoms with van der Waals surface area (Å²) in [5.74, 6) is -2.81. The maximum Gasteiger partial charge on any atom is 0.335 e. The van der Waals surface area contributed by atoms with E-state index in [1.165, 1.54) is 55.6 Å². The molecule has 0 spiro atoms. The summed E-state index contributed by atoms with van der Waals surface area (Å²) in [6, 6.07) is 19.3. The first-order valence-corrected chi connectivity index (χ1v) is 14.3. The molecule has 0 aliphatic rings. The van der Waals surface area contributed by atoms with Crippen LogP contribution in [-0.4, -0.2) is 64.0 Å². The van der Waals surface area contributed by atoms with Crippen LogP contribution in [0.5, 0.6) is 5.75 Å². The standard InChI is InChI=1S/C34H33N5O8/c1-20-6-4-5-7-25(20)37-34(46)38-27-14-8-21(16-29(27)47-3)17-30(40)36-24-13-15-26(35-19-24)28(18-31(41)42)39(2)32(43)22-9-11-23(12-10-22)33(44)45/h4-16,19,28H,17-18H2,1-3H3,(H,36,40)(H,41,42)(H,44,45)(H2,37,38,46). The summed E-state index contributed by atoms with van der Waals surface area (Å²) in [5.41, 5.74) is 3.44.